The van der Waals surface area contributed by atoms with Gasteiger partial charge in [0.25, 0.3) is 5.91 Å². The largest absolute Gasteiger partial charge is 0.340 e. The summed E-state index contributed by atoms with van der Waals surface area (Å²) in [5.74, 6) is 0.966. The van der Waals surface area contributed by atoms with E-state index in [1.807, 2.05) is 31.3 Å². The Hall–Kier alpha value is -2.63. The molecule has 0 saturated heterocycles. The van der Waals surface area contributed by atoms with Crippen molar-refractivity contribution in [3.8, 4) is 0 Å². The molecule has 1 amide bonds. The fourth-order valence-electron chi connectivity index (χ4n) is 3.69. The summed E-state index contributed by atoms with van der Waals surface area (Å²) in [7, 11) is 2.00. The van der Waals surface area contributed by atoms with Crippen LogP contribution in [-0.4, -0.2) is 25.7 Å². The first kappa shape index (κ1) is 15.9. The highest BCUT2D eigenvalue weighted by Crippen LogP contribution is 2.27. The zero-order chi connectivity index (χ0) is 17.6. The summed E-state index contributed by atoms with van der Waals surface area (Å²) in [6.45, 7) is 4.19. The van der Waals surface area contributed by atoms with Crippen LogP contribution in [-0.2, 0) is 19.9 Å². The Bertz CT molecular complexity index is 937. The number of amides is 1. The van der Waals surface area contributed by atoms with Crippen molar-refractivity contribution in [2.75, 3.05) is 0 Å². The normalized spacial score (nSPS) is 14.9. The van der Waals surface area contributed by atoms with Gasteiger partial charge in [-0.3, -0.25) is 9.89 Å². The van der Waals surface area contributed by atoms with Gasteiger partial charge in [-0.25, -0.2) is 4.98 Å². The van der Waals surface area contributed by atoms with E-state index >= 15 is 0 Å². The zero-order valence-corrected chi connectivity index (χ0v) is 14.8. The number of benzene rings is 1. The number of nitrogens with one attached hydrogen (secondary N) is 2. The first-order valence-electron chi connectivity index (χ1n) is 8.84. The van der Waals surface area contributed by atoms with Crippen LogP contribution < -0.4 is 5.32 Å². The lowest BCUT2D eigenvalue weighted by Gasteiger charge is -2.22. The lowest BCUT2D eigenvalue weighted by atomic mass is 10.0. The number of hydrogen-bond donors (Lipinski definition) is 2. The van der Waals surface area contributed by atoms with Crippen molar-refractivity contribution in [2.24, 2.45) is 13.0 Å². The van der Waals surface area contributed by atoms with E-state index in [0.29, 0.717) is 5.69 Å². The highest BCUT2D eigenvalue weighted by Gasteiger charge is 2.28. The maximum atomic E-state index is 12.8. The second kappa shape index (κ2) is 6.02. The Kier molecular flexibility index (Phi) is 3.82. The summed E-state index contributed by atoms with van der Waals surface area (Å²) in [4.78, 5) is 17.6. The molecular weight excluding hydrogens is 314 g/mol. The Morgan fingerprint density at radius 3 is 2.84 bits per heavy atom. The van der Waals surface area contributed by atoms with Crippen molar-refractivity contribution in [1.29, 1.82) is 0 Å². The molecule has 1 atom stereocenters. The number of fused-ring (bicyclic) bond motifs is 2. The van der Waals surface area contributed by atoms with Crippen LogP contribution in [0.4, 0.5) is 0 Å². The molecule has 0 bridgehead atoms. The number of para-hydroxylation sites is 2. The predicted octanol–water partition coefficient (Wildman–Crippen LogP) is 2.91. The van der Waals surface area contributed by atoms with Crippen molar-refractivity contribution < 1.29 is 4.79 Å². The van der Waals surface area contributed by atoms with Crippen LogP contribution >= 0.6 is 0 Å². The van der Waals surface area contributed by atoms with E-state index in [0.717, 1.165) is 47.4 Å². The van der Waals surface area contributed by atoms with Crippen LogP contribution in [0, 0.1) is 5.92 Å². The molecule has 2 heterocycles. The Morgan fingerprint density at radius 2 is 2.08 bits per heavy atom. The maximum absolute atomic E-state index is 12.8. The standard InChI is InChI=1S/C19H23N5O/c1-11(2)16(18-20-14-8-4-5-10-15(14)24(18)3)21-19(25)17-12-7-6-9-13(12)22-23-17/h4-5,8,10-11,16H,6-7,9H2,1-3H3,(H,21,25)(H,22,23)/t16-/m1/s1. The van der Waals surface area contributed by atoms with Gasteiger partial charge in [0.15, 0.2) is 5.69 Å². The van der Waals surface area contributed by atoms with Crippen LogP contribution in [0.15, 0.2) is 24.3 Å². The van der Waals surface area contributed by atoms with Crippen LogP contribution in [0.1, 0.15) is 53.9 Å². The molecule has 0 saturated carbocycles. The number of H-pyrrole nitrogens is 1. The maximum Gasteiger partial charge on any atom is 0.272 e. The second-order valence-corrected chi connectivity index (χ2v) is 7.10. The molecule has 1 aliphatic rings. The first-order chi connectivity index (χ1) is 12.1. The second-order valence-electron chi connectivity index (χ2n) is 7.10. The van der Waals surface area contributed by atoms with Gasteiger partial charge in [0.1, 0.15) is 5.82 Å². The third-order valence-electron chi connectivity index (χ3n) is 5.07. The third kappa shape index (κ3) is 2.62. The molecule has 2 N–H and O–H groups in total. The molecular formula is C19H23N5O. The number of aromatic amines is 1. The van der Waals surface area contributed by atoms with E-state index < -0.39 is 0 Å². The van der Waals surface area contributed by atoms with Gasteiger partial charge in [-0.2, -0.15) is 5.10 Å². The molecule has 3 aromatic rings. The van der Waals surface area contributed by atoms with E-state index in [1.54, 1.807) is 0 Å². The molecule has 4 rings (SSSR count). The number of carbonyl (C=O) groups excluding carboxylic acids is 1. The number of aryl methyl sites for hydroxylation is 2. The van der Waals surface area contributed by atoms with Gasteiger partial charge in [-0.15, -0.1) is 0 Å². The predicted molar refractivity (Wildman–Crippen MR) is 96.4 cm³/mol. The molecule has 25 heavy (non-hydrogen) atoms. The molecule has 0 aliphatic heterocycles. The van der Waals surface area contributed by atoms with Crippen LogP contribution in [0.25, 0.3) is 11.0 Å². The summed E-state index contributed by atoms with van der Waals surface area (Å²) >= 11 is 0. The average molecular weight is 337 g/mol. The monoisotopic (exact) mass is 337 g/mol. The SMILES string of the molecule is CC(C)[C@@H](NC(=O)c1n[nH]c2c1CCC2)c1nc2ccccc2n1C. The summed E-state index contributed by atoms with van der Waals surface area (Å²) in [5, 5.41) is 10.4. The Morgan fingerprint density at radius 1 is 1.28 bits per heavy atom. The Labute approximate surface area is 146 Å². The van der Waals surface area contributed by atoms with Gasteiger partial charge in [-0.05, 0) is 37.3 Å². The fraction of sp³-hybridized carbons (Fsp3) is 0.421. The minimum absolute atomic E-state index is 0.120. The van der Waals surface area contributed by atoms with Crippen LogP contribution in [0.3, 0.4) is 0 Å². The lowest BCUT2D eigenvalue weighted by Crippen LogP contribution is -2.34. The Balaban J connectivity index is 1.67. The van der Waals surface area contributed by atoms with Crippen molar-refractivity contribution >= 4 is 16.9 Å². The average Bonchev–Trinajstić information content (AvgIpc) is 3.27. The molecule has 2 aromatic heterocycles. The van der Waals surface area contributed by atoms with Gasteiger partial charge in [-0.1, -0.05) is 26.0 Å². The highest BCUT2D eigenvalue weighted by molar-refractivity contribution is 5.94. The van der Waals surface area contributed by atoms with Gasteiger partial charge in [0.05, 0.1) is 17.1 Å². The van der Waals surface area contributed by atoms with Gasteiger partial charge in [0.2, 0.25) is 0 Å². The van der Waals surface area contributed by atoms with E-state index in [1.165, 1.54) is 0 Å². The summed E-state index contributed by atoms with van der Waals surface area (Å²) in [5.41, 5.74) is 4.73. The molecule has 0 spiro atoms. The smallest absolute Gasteiger partial charge is 0.272 e. The van der Waals surface area contributed by atoms with E-state index in [-0.39, 0.29) is 17.9 Å². The number of rotatable bonds is 4. The molecule has 0 fully saturated rings. The number of imidazole rings is 1. The number of nitrogens with zero attached hydrogens (tertiary/aromatic N) is 3. The molecule has 6 heteroatoms. The third-order valence-corrected chi connectivity index (χ3v) is 5.07. The molecule has 130 valence electrons. The molecule has 1 aromatic carbocycles. The number of hydrogen-bond acceptors (Lipinski definition) is 3. The number of aromatic nitrogens is 4. The minimum Gasteiger partial charge on any atom is -0.340 e. The summed E-state index contributed by atoms with van der Waals surface area (Å²) in [6.07, 6.45) is 2.99. The fourth-order valence-corrected chi connectivity index (χ4v) is 3.69. The summed E-state index contributed by atoms with van der Waals surface area (Å²) in [6, 6.07) is 7.86. The van der Waals surface area contributed by atoms with Crippen LogP contribution in [0.2, 0.25) is 0 Å². The molecule has 6 nitrogen and oxygen atoms in total. The van der Waals surface area contributed by atoms with E-state index in [2.05, 4.69) is 33.9 Å². The van der Waals surface area contributed by atoms with Crippen molar-refractivity contribution in [3.05, 3.63) is 47.0 Å². The van der Waals surface area contributed by atoms with E-state index in [4.69, 9.17) is 4.98 Å². The summed E-state index contributed by atoms with van der Waals surface area (Å²) < 4.78 is 2.06. The van der Waals surface area contributed by atoms with Crippen LogP contribution in [0.5, 0.6) is 0 Å². The molecule has 1 aliphatic carbocycles. The topological polar surface area (TPSA) is 75.6 Å². The van der Waals surface area contributed by atoms with Gasteiger partial charge < -0.3 is 9.88 Å². The quantitative estimate of drug-likeness (QED) is 0.768. The number of carbonyl (C=O) groups is 1. The van der Waals surface area contributed by atoms with Crippen molar-refractivity contribution in [2.45, 2.75) is 39.2 Å². The van der Waals surface area contributed by atoms with Crippen molar-refractivity contribution in [3.63, 3.8) is 0 Å². The first-order valence-corrected chi connectivity index (χ1v) is 8.84. The lowest BCUT2D eigenvalue weighted by molar-refractivity contribution is 0.0916. The van der Waals surface area contributed by atoms with Crippen molar-refractivity contribution in [1.82, 2.24) is 25.1 Å². The zero-order valence-electron chi connectivity index (χ0n) is 14.8. The molecule has 0 unspecified atom stereocenters. The van der Waals surface area contributed by atoms with Gasteiger partial charge in [0, 0.05) is 18.3 Å². The molecule has 0 radical (unpaired) electrons. The van der Waals surface area contributed by atoms with Gasteiger partial charge >= 0.3 is 0 Å². The van der Waals surface area contributed by atoms with E-state index in [9.17, 15) is 4.79 Å². The minimum atomic E-state index is -0.168. The highest BCUT2D eigenvalue weighted by atomic mass is 16.2.